The fraction of sp³-hybridized carbons (Fsp3) is 0.333. The maximum Gasteiger partial charge on any atom is 0.272 e. The van der Waals surface area contributed by atoms with Crippen LogP contribution < -0.4 is 0 Å². The monoisotopic (exact) mass is 321 g/mol. The minimum atomic E-state index is -0.674. The quantitative estimate of drug-likeness (QED) is 0.688. The minimum absolute atomic E-state index is 0.0772. The molecule has 21 heavy (non-hydrogen) atoms. The molecule has 0 saturated carbocycles. The van der Waals surface area contributed by atoms with E-state index in [0.29, 0.717) is 5.56 Å². The van der Waals surface area contributed by atoms with Gasteiger partial charge in [0.1, 0.15) is 0 Å². The summed E-state index contributed by atoms with van der Waals surface area (Å²) in [4.78, 5) is 12.9. The van der Waals surface area contributed by atoms with Crippen molar-refractivity contribution in [2.75, 3.05) is 5.75 Å². The number of thioether (sulfide) groups is 1. The Morgan fingerprint density at radius 1 is 1.38 bits per heavy atom. The van der Waals surface area contributed by atoms with Crippen LogP contribution in [-0.4, -0.2) is 15.8 Å². The van der Waals surface area contributed by atoms with Crippen molar-refractivity contribution in [1.82, 2.24) is 0 Å². The summed E-state index contributed by atoms with van der Waals surface area (Å²) in [5.74, 6) is 2.14. The van der Waals surface area contributed by atoms with Gasteiger partial charge in [0.05, 0.1) is 11.0 Å². The summed E-state index contributed by atoms with van der Waals surface area (Å²) >= 11 is 3.55. The summed E-state index contributed by atoms with van der Waals surface area (Å²) in [5, 5.41) is 21.4. The van der Waals surface area contributed by atoms with Gasteiger partial charge in [-0.15, -0.1) is 11.3 Å². The molecule has 6 heteroatoms. The molecule has 0 saturated heterocycles. The molecular weight excluding hydrogens is 306 g/mol. The van der Waals surface area contributed by atoms with Crippen LogP contribution in [0.5, 0.6) is 0 Å². The lowest BCUT2D eigenvalue weighted by molar-refractivity contribution is -0.385. The van der Waals surface area contributed by atoms with Crippen LogP contribution in [0.25, 0.3) is 0 Å². The van der Waals surface area contributed by atoms with Crippen LogP contribution in [0.3, 0.4) is 0 Å². The Balaban J connectivity index is 1.82. The predicted molar refractivity (Wildman–Crippen MR) is 85.9 cm³/mol. The van der Waals surface area contributed by atoms with Gasteiger partial charge in [-0.2, -0.15) is 11.8 Å². The standard InChI is InChI=1S/C15H15NO3S2/c17-13(7-10-3-1-2-4-12(10)16(18)19)15-8-11-9-20-6-5-14(11)21-15/h1-4,8,13,17H,5-7,9H2. The molecule has 1 aliphatic rings. The molecule has 1 N–H and O–H groups in total. The summed E-state index contributed by atoms with van der Waals surface area (Å²) in [7, 11) is 0. The second-order valence-electron chi connectivity index (χ2n) is 5.01. The first-order valence-corrected chi connectivity index (χ1v) is 8.72. The van der Waals surface area contributed by atoms with E-state index in [0.717, 1.165) is 22.8 Å². The number of nitro groups is 1. The third-order valence-corrected chi connectivity index (χ3v) is 5.92. The second-order valence-corrected chi connectivity index (χ2v) is 7.28. The fourth-order valence-electron chi connectivity index (χ4n) is 2.50. The number of nitro benzene ring substituents is 1. The van der Waals surface area contributed by atoms with Crippen molar-refractivity contribution < 1.29 is 10.0 Å². The Kier molecular flexibility index (Phi) is 4.28. The molecule has 1 atom stereocenters. The lowest BCUT2D eigenvalue weighted by Crippen LogP contribution is -2.02. The molecule has 0 fully saturated rings. The number of rotatable bonds is 4. The molecule has 2 heterocycles. The van der Waals surface area contributed by atoms with Gasteiger partial charge in [0.25, 0.3) is 5.69 Å². The number of nitrogens with zero attached hydrogens (tertiary/aromatic N) is 1. The fourth-order valence-corrected chi connectivity index (χ4v) is 4.87. The van der Waals surface area contributed by atoms with Crippen molar-refractivity contribution in [3.63, 3.8) is 0 Å². The Morgan fingerprint density at radius 2 is 2.19 bits per heavy atom. The highest BCUT2D eigenvalue weighted by Crippen LogP contribution is 2.36. The highest BCUT2D eigenvalue weighted by Gasteiger charge is 2.21. The molecule has 3 rings (SSSR count). The maximum atomic E-state index is 11.0. The molecule has 1 aromatic heterocycles. The number of aryl methyl sites for hydroxylation is 1. The van der Waals surface area contributed by atoms with Gasteiger partial charge >= 0.3 is 0 Å². The number of aliphatic hydroxyl groups is 1. The molecule has 2 aromatic rings. The highest BCUT2D eigenvalue weighted by molar-refractivity contribution is 7.98. The van der Waals surface area contributed by atoms with Gasteiger partial charge in [-0.05, 0) is 23.8 Å². The smallest absolute Gasteiger partial charge is 0.272 e. The van der Waals surface area contributed by atoms with Crippen molar-refractivity contribution in [3.05, 3.63) is 61.3 Å². The third kappa shape index (κ3) is 3.12. The van der Waals surface area contributed by atoms with E-state index < -0.39 is 11.0 Å². The van der Waals surface area contributed by atoms with Gasteiger partial charge in [0.15, 0.2) is 0 Å². The van der Waals surface area contributed by atoms with Crippen LogP contribution in [0.1, 0.15) is 27.0 Å². The molecule has 0 aliphatic carbocycles. The molecule has 0 spiro atoms. The van der Waals surface area contributed by atoms with Gasteiger partial charge in [-0.1, -0.05) is 18.2 Å². The van der Waals surface area contributed by atoms with E-state index in [2.05, 4.69) is 6.07 Å². The zero-order chi connectivity index (χ0) is 14.8. The number of thiophene rings is 1. The number of fused-ring (bicyclic) bond motifs is 1. The third-order valence-electron chi connectivity index (χ3n) is 3.58. The SMILES string of the molecule is O=[N+]([O-])c1ccccc1CC(O)c1cc2c(s1)CCSC2. The molecule has 1 unspecified atom stereocenters. The zero-order valence-electron chi connectivity index (χ0n) is 11.3. The molecule has 0 radical (unpaired) electrons. The van der Waals surface area contributed by atoms with E-state index >= 15 is 0 Å². The summed E-state index contributed by atoms with van der Waals surface area (Å²) < 4.78 is 0. The molecule has 0 bridgehead atoms. The lowest BCUT2D eigenvalue weighted by Gasteiger charge is -2.08. The maximum absolute atomic E-state index is 11.0. The number of hydrogen-bond acceptors (Lipinski definition) is 5. The minimum Gasteiger partial charge on any atom is -0.387 e. The van der Waals surface area contributed by atoms with E-state index in [1.807, 2.05) is 11.8 Å². The van der Waals surface area contributed by atoms with Gasteiger partial charge < -0.3 is 5.11 Å². The van der Waals surface area contributed by atoms with Crippen LogP contribution in [0.2, 0.25) is 0 Å². The summed E-state index contributed by atoms with van der Waals surface area (Å²) in [6.07, 6.45) is 0.665. The van der Waals surface area contributed by atoms with Crippen LogP contribution in [0.4, 0.5) is 5.69 Å². The number of benzene rings is 1. The highest BCUT2D eigenvalue weighted by atomic mass is 32.2. The average Bonchev–Trinajstić information content (AvgIpc) is 2.91. The number of para-hydroxylation sites is 1. The van der Waals surface area contributed by atoms with Crippen molar-refractivity contribution in [2.24, 2.45) is 0 Å². The van der Waals surface area contributed by atoms with Crippen molar-refractivity contribution >= 4 is 28.8 Å². The summed E-state index contributed by atoms with van der Waals surface area (Å²) in [5.41, 5.74) is 1.97. The van der Waals surface area contributed by atoms with Crippen LogP contribution in [-0.2, 0) is 18.6 Å². The molecule has 0 amide bonds. The molecule has 1 aromatic carbocycles. The first kappa shape index (κ1) is 14.6. The van der Waals surface area contributed by atoms with E-state index in [1.165, 1.54) is 16.5 Å². The molecule has 110 valence electrons. The first-order chi connectivity index (χ1) is 10.1. The molecule has 4 nitrogen and oxygen atoms in total. The van der Waals surface area contributed by atoms with E-state index in [9.17, 15) is 15.2 Å². The first-order valence-electron chi connectivity index (χ1n) is 6.74. The van der Waals surface area contributed by atoms with Crippen molar-refractivity contribution in [1.29, 1.82) is 0 Å². The number of aliphatic hydroxyl groups excluding tert-OH is 1. The van der Waals surface area contributed by atoms with Gasteiger partial charge in [0.2, 0.25) is 0 Å². The second kappa shape index (κ2) is 6.17. The van der Waals surface area contributed by atoms with Gasteiger partial charge in [-0.25, -0.2) is 0 Å². The van der Waals surface area contributed by atoms with E-state index in [-0.39, 0.29) is 12.1 Å². The van der Waals surface area contributed by atoms with E-state index in [1.54, 1.807) is 29.5 Å². The normalized spacial score (nSPS) is 15.5. The summed E-state index contributed by atoms with van der Waals surface area (Å²) in [6, 6.07) is 8.68. The Bertz CT molecular complexity index is 645. The van der Waals surface area contributed by atoms with Crippen LogP contribution in [0, 0.1) is 10.1 Å². The summed E-state index contributed by atoms with van der Waals surface area (Å²) in [6.45, 7) is 0. The van der Waals surface area contributed by atoms with Gasteiger partial charge in [-0.3, -0.25) is 10.1 Å². The number of hydrogen-bond donors (Lipinski definition) is 1. The molecule has 1 aliphatic heterocycles. The Labute approximate surface area is 131 Å². The largest absolute Gasteiger partial charge is 0.387 e. The predicted octanol–water partition coefficient (Wildman–Crippen LogP) is 3.72. The van der Waals surface area contributed by atoms with Crippen LogP contribution >= 0.6 is 23.1 Å². The zero-order valence-corrected chi connectivity index (χ0v) is 13.0. The van der Waals surface area contributed by atoms with Gasteiger partial charge in [0, 0.05) is 33.6 Å². The molecular formula is C15H15NO3S2. The van der Waals surface area contributed by atoms with Crippen LogP contribution in [0.15, 0.2) is 30.3 Å². The van der Waals surface area contributed by atoms with E-state index in [4.69, 9.17) is 0 Å². The van der Waals surface area contributed by atoms with Crippen molar-refractivity contribution in [3.8, 4) is 0 Å². The Hall–Kier alpha value is -1.37. The average molecular weight is 321 g/mol. The van der Waals surface area contributed by atoms with Crippen molar-refractivity contribution in [2.45, 2.75) is 24.7 Å². The topological polar surface area (TPSA) is 63.4 Å². The lowest BCUT2D eigenvalue weighted by atomic mass is 10.0. The Morgan fingerprint density at radius 3 is 2.95 bits per heavy atom.